The predicted octanol–water partition coefficient (Wildman–Crippen LogP) is 3.06. The van der Waals surface area contributed by atoms with Crippen molar-refractivity contribution in [1.82, 2.24) is 9.97 Å². The van der Waals surface area contributed by atoms with Gasteiger partial charge >= 0.3 is 0 Å². The van der Waals surface area contributed by atoms with Gasteiger partial charge in [0, 0.05) is 24.9 Å². The molecule has 0 saturated heterocycles. The van der Waals surface area contributed by atoms with Crippen LogP contribution in [0.5, 0.6) is 0 Å². The highest BCUT2D eigenvalue weighted by Gasteiger charge is 2.13. The molecule has 0 aliphatic heterocycles. The molecular formula is C16H22N4O. The first kappa shape index (κ1) is 15.3. The summed E-state index contributed by atoms with van der Waals surface area (Å²) in [6, 6.07) is 10.0. The summed E-state index contributed by atoms with van der Waals surface area (Å²) in [5, 5.41) is 0. The van der Waals surface area contributed by atoms with Crippen molar-refractivity contribution in [1.29, 1.82) is 0 Å². The van der Waals surface area contributed by atoms with Gasteiger partial charge in [0.15, 0.2) is 5.82 Å². The molecule has 0 atom stereocenters. The van der Waals surface area contributed by atoms with Crippen molar-refractivity contribution in [2.45, 2.75) is 27.4 Å². The maximum Gasteiger partial charge on any atom is 0.158 e. The highest BCUT2D eigenvalue weighted by Crippen LogP contribution is 2.27. The number of nitrogens with two attached hydrogens (primary N) is 1. The molecule has 0 fully saturated rings. The molecule has 2 aromatic rings. The second-order valence-corrected chi connectivity index (χ2v) is 4.74. The van der Waals surface area contributed by atoms with Crippen molar-refractivity contribution >= 4 is 17.3 Å². The summed E-state index contributed by atoms with van der Waals surface area (Å²) in [6.45, 7) is 7.92. The molecule has 1 aromatic heterocycles. The number of nitrogen functional groups attached to an aromatic ring is 1. The molecule has 0 aliphatic rings. The van der Waals surface area contributed by atoms with Crippen LogP contribution < -0.4 is 10.6 Å². The van der Waals surface area contributed by atoms with E-state index in [1.807, 2.05) is 19.1 Å². The summed E-state index contributed by atoms with van der Waals surface area (Å²) in [7, 11) is 0. The van der Waals surface area contributed by atoms with Crippen LogP contribution in [-0.2, 0) is 11.3 Å². The third kappa shape index (κ3) is 3.70. The molecule has 0 aliphatic carbocycles. The SMILES string of the molecule is CCOCc1nc(N)cc(N(CC)c2ccccc2C)n1. The van der Waals surface area contributed by atoms with Crippen molar-refractivity contribution in [3.63, 3.8) is 0 Å². The van der Waals surface area contributed by atoms with Crippen LogP contribution in [0.25, 0.3) is 0 Å². The average Bonchev–Trinajstić information content (AvgIpc) is 2.47. The second kappa shape index (κ2) is 7.04. The molecule has 2 N–H and O–H groups in total. The fraction of sp³-hybridized carbons (Fsp3) is 0.375. The number of para-hydroxylation sites is 1. The van der Waals surface area contributed by atoms with E-state index in [-0.39, 0.29) is 0 Å². The lowest BCUT2D eigenvalue weighted by Crippen LogP contribution is -2.20. The third-order valence-corrected chi connectivity index (χ3v) is 3.21. The molecule has 21 heavy (non-hydrogen) atoms. The van der Waals surface area contributed by atoms with E-state index in [9.17, 15) is 0 Å². The molecule has 112 valence electrons. The number of hydrogen-bond donors (Lipinski definition) is 1. The monoisotopic (exact) mass is 286 g/mol. The van der Waals surface area contributed by atoms with E-state index in [0.29, 0.717) is 24.9 Å². The van der Waals surface area contributed by atoms with E-state index in [4.69, 9.17) is 10.5 Å². The van der Waals surface area contributed by atoms with Gasteiger partial charge in [-0.25, -0.2) is 9.97 Å². The van der Waals surface area contributed by atoms with Gasteiger partial charge in [-0.1, -0.05) is 18.2 Å². The summed E-state index contributed by atoms with van der Waals surface area (Å²) < 4.78 is 5.37. The number of aryl methyl sites for hydroxylation is 1. The van der Waals surface area contributed by atoms with Crippen molar-refractivity contribution in [3.8, 4) is 0 Å². The lowest BCUT2D eigenvalue weighted by atomic mass is 10.2. The van der Waals surface area contributed by atoms with E-state index in [1.165, 1.54) is 5.56 Å². The molecule has 5 heteroatoms. The zero-order valence-electron chi connectivity index (χ0n) is 12.8. The molecule has 2 rings (SSSR count). The standard InChI is InChI=1S/C16H22N4O/c1-4-20(13-9-7-6-8-12(13)3)16-10-14(17)18-15(19-16)11-21-5-2/h6-10H,4-5,11H2,1-3H3,(H2,17,18,19). The summed E-state index contributed by atoms with van der Waals surface area (Å²) in [5.74, 6) is 1.87. The van der Waals surface area contributed by atoms with E-state index < -0.39 is 0 Å². The Hall–Kier alpha value is -2.14. The van der Waals surface area contributed by atoms with Crippen molar-refractivity contribution < 1.29 is 4.74 Å². The first-order chi connectivity index (χ1) is 10.2. The largest absolute Gasteiger partial charge is 0.384 e. The van der Waals surface area contributed by atoms with Gasteiger partial charge in [0.05, 0.1) is 0 Å². The van der Waals surface area contributed by atoms with Crippen LogP contribution in [0.1, 0.15) is 25.2 Å². The normalized spacial score (nSPS) is 10.6. The zero-order chi connectivity index (χ0) is 15.2. The lowest BCUT2D eigenvalue weighted by Gasteiger charge is -2.24. The van der Waals surface area contributed by atoms with Crippen LogP contribution >= 0.6 is 0 Å². The molecule has 0 amide bonds. The predicted molar refractivity (Wildman–Crippen MR) is 85.6 cm³/mol. The van der Waals surface area contributed by atoms with Crippen molar-refractivity contribution in [2.24, 2.45) is 0 Å². The Balaban J connectivity index is 2.38. The number of ether oxygens (including phenoxy) is 1. The Bertz CT molecular complexity index is 601. The fourth-order valence-electron chi connectivity index (χ4n) is 2.22. The first-order valence-corrected chi connectivity index (χ1v) is 7.20. The summed E-state index contributed by atoms with van der Waals surface area (Å²) in [6.07, 6.45) is 0. The van der Waals surface area contributed by atoms with Gasteiger partial charge in [0.2, 0.25) is 0 Å². The zero-order valence-corrected chi connectivity index (χ0v) is 12.8. The van der Waals surface area contributed by atoms with E-state index >= 15 is 0 Å². The van der Waals surface area contributed by atoms with Gasteiger partial charge in [-0.05, 0) is 32.4 Å². The fourth-order valence-corrected chi connectivity index (χ4v) is 2.22. The lowest BCUT2D eigenvalue weighted by molar-refractivity contribution is 0.128. The van der Waals surface area contributed by atoms with Crippen LogP contribution in [0.4, 0.5) is 17.3 Å². The summed E-state index contributed by atoms with van der Waals surface area (Å²) in [5.41, 5.74) is 8.23. The number of hydrogen-bond acceptors (Lipinski definition) is 5. The molecule has 5 nitrogen and oxygen atoms in total. The van der Waals surface area contributed by atoms with E-state index in [2.05, 4.69) is 40.8 Å². The minimum absolute atomic E-state index is 0.375. The minimum Gasteiger partial charge on any atom is -0.384 e. The molecule has 0 radical (unpaired) electrons. The minimum atomic E-state index is 0.375. The Morgan fingerprint density at radius 3 is 2.62 bits per heavy atom. The highest BCUT2D eigenvalue weighted by atomic mass is 16.5. The number of anilines is 3. The molecule has 0 spiro atoms. The van der Waals surface area contributed by atoms with Crippen LogP contribution in [-0.4, -0.2) is 23.1 Å². The number of nitrogens with zero attached hydrogens (tertiary/aromatic N) is 3. The maximum atomic E-state index is 5.91. The summed E-state index contributed by atoms with van der Waals surface area (Å²) >= 11 is 0. The van der Waals surface area contributed by atoms with Crippen molar-refractivity contribution in [3.05, 3.63) is 41.7 Å². The van der Waals surface area contributed by atoms with E-state index in [1.54, 1.807) is 6.07 Å². The average molecular weight is 286 g/mol. The Kier molecular flexibility index (Phi) is 5.11. The Labute approximate surface area is 125 Å². The van der Waals surface area contributed by atoms with Crippen LogP contribution in [0.3, 0.4) is 0 Å². The van der Waals surface area contributed by atoms with Gasteiger partial charge in [0.1, 0.15) is 18.2 Å². The van der Waals surface area contributed by atoms with Gasteiger partial charge < -0.3 is 15.4 Å². The number of rotatable bonds is 6. The molecule has 0 bridgehead atoms. The van der Waals surface area contributed by atoms with Gasteiger partial charge in [0.25, 0.3) is 0 Å². The van der Waals surface area contributed by atoms with Gasteiger partial charge in [-0.2, -0.15) is 0 Å². The summed E-state index contributed by atoms with van der Waals surface area (Å²) in [4.78, 5) is 10.9. The Morgan fingerprint density at radius 2 is 1.95 bits per heavy atom. The smallest absolute Gasteiger partial charge is 0.158 e. The van der Waals surface area contributed by atoms with Crippen LogP contribution in [0.2, 0.25) is 0 Å². The van der Waals surface area contributed by atoms with Gasteiger partial charge in [-0.3, -0.25) is 0 Å². The molecule has 1 heterocycles. The topological polar surface area (TPSA) is 64.3 Å². The molecule has 0 saturated carbocycles. The second-order valence-electron chi connectivity index (χ2n) is 4.74. The van der Waals surface area contributed by atoms with Crippen molar-refractivity contribution in [2.75, 3.05) is 23.8 Å². The maximum absolute atomic E-state index is 5.91. The third-order valence-electron chi connectivity index (χ3n) is 3.21. The molecule has 1 aromatic carbocycles. The number of benzene rings is 1. The first-order valence-electron chi connectivity index (χ1n) is 7.20. The molecular weight excluding hydrogens is 264 g/mol. The van der Waals surface area contributed by atoms with Crippen LogP contribution in [0.15, 0.2) is 30.3 Å². The quantitative estimate of drug-likeness (QED) is 0.884. The van der Waals surface area contributed by atoms with Crippen LogP contribution in [0, 0.1) is 6.92 Å². The molecule has 0 unspecified atom stereocenters. The number of aromatic nitrogens is 2. The van der Waals surface area contributed by atoms with E-state index in [0.717, 1.165) is 18.1 Å². The highest BCUT2D eigenvalue weighted by molar-refractivity contribution is 5.65. The Morgan fingerprint density at radius 1 is 1.19 bits per heavy atom. The van der Waals surface area contributed by atoms with Gasteiger partial charge in [-0.15, -0.1) is 0 Å².